The second kappa shape index (κ2) is 14.5. The molecule has 0 aliphatic rings. The summed E-state index contributed by atoms with van der Waals surface area (Å²) in [5.74, 6) is 0.943. The minimum atomic E-state index is 0.800. The quantitative estimate of drug-likeness (QED) is 0.219. The predicted molar refractivity (Wildman–Crippen MR) is 141 cm³/mol. The van der Waals surface area contributed by atoms with Crippen molar-refractivity contribution in [2.24, 2.45) is 0 Å². The van der Waals surface area contributed by atoms with Gasteiger partial charge >= 0.3 is 0 Å². The zero-order valence-corrected chi connectivity index (χ0v) is 20.7. The zero-order chi connectivity index (χ0) is 23.1. The first-order valence-corrected chi connectivity index (χ1v) is 13.0. The molecular weight excluding hydrogens is 402 g/mol. The number of aryl methyl sites for hydroxylation is 3. The molecule has 0 bridgehead atoms. The Morgan fingerprint density at radius 3 is 1.82 bits per heavy atom. The normalized spacial score (nSPS) is 11.0. The Bertz CT molecular complexity index is 897. The lowest BCUT2D eigenvalue weighted by atomic mass is 10.0. The first-order chi connectivity index (χ1) is 16.3. The van der Waals surface area contributed by atoms with Crippen LogP contribution in [0.1, 0.15) is 81.9 Å². The smallest absolute Gasteiger partial charge is 0.119 e. The van der Waals surface area contributed by atoms with Gasteiger partial charge in [0.2, 0.25) is 0 Å². The third-order valence-corrected chi connectivity index (χ3v) is 6.29. The summed E-state index contributed by atoms with van der Waals surface area (Å²) in [4.78, 5) is 4.71. The van der Waals surface area contributed by atoms with E-state index in [4.69, 9.17) is 9.72 Å². The molecule has 0 aliphatic heterocycles. The summed E-state index contributed by atoms with van der Waals surface area (Å²) in [6.45, 7) is 5.30. The number of rotatable bonds is 15. The maximum atomic E-state index is 5.85. The molecule has 0 aliphatic carbocycles. The highest BCUT2D eigenvalue weighted by molar-refractivity contribution is 5.60. The number of aromatic nitrogens is 1. The molecule has 0 unspecified atom stereocenters. The molecule has 1 aromatic heterocycles. The van der Waals surface area contributed by atoms with E-state index in [1.54, 1.807) is 0 Å². The molecule has 0 atom stereocenters. The van der Waals surface area contributed by atoms with Crippen molar-refractivity contribution in [3.8, 4) is 17.0 Å². The van der Waals surface area contributed by atoms with Crippen LogP contribution >= 0.6 is 0 Å². The first-order valence-electron chi connectivity index (χ1n) is 13.0. The maximum absolute atomic E-state index is 5.85. The average Bonchev–Trinajstić information content (AvgIpc) is 2.87. The standard InChI is InChI=1S/C31H41NO/c1-3-5-7-9-11-26-12-14-27(15-13-26)16-17-28-18-23-31(32-25-28)29-19-21-30(22-20-29)33-24-10-8-6-4-2/h12-15,18-23,25H,3-11,16-17,24H2,1-2H3. The fourth-order valence-corrected chi connectivity index (χ4v) is 4.10. The zero-order valence-electron chi connectivity index (χ0n) is 20.7. The molecular formula is C31H41NO. The van der Waals surface area contributed by atoms with Crippen LogP contribution < -0.4 is 4.74 Å². The van der Waals surface area contributed by atoms with Crippen LogP contribution in [0.15, 0.2) is 66.9 Å². The van der Waals surface area contributed by atoms with Crippen LogP contribution in [0.4, 0.5) is 0 Å². The van der Waals surface area contributed by atoms with Gasteiger partial charge in [-0.25, -0.2) is 0 Å². The summed E-state index contributed by atoms with van der Waals surface area (Å²) in [5, 5.41) is 0. The Morgan fingerprint density at radius 1 is 0.576 bits per heavy atom. The van der Waals surface area contributed by atoms with E-state index < -0.39 is 0 Å². The SMILES string of the molecule is CCCCCCOc1ccc(-c2ccc(CCc3ccc(CCCCCC)cc3)cn2)cc1. The van der Waals surface area contributed by atoms with Crippen molar-refractivity contribution in [1.29, 1.82) is 0 Å². The van der Waals surface area contributed by atoms with E-state index in [1.165, 1.54) is 68.1 Å². The topological polar surface area (TPSA) is 22.1 Å². The number of hydrogen-bond donors (Lipinski definition) is 0. The van der Waals surface area contributed by atoms with Crippen molar-refractivity contribution < 1.29 is 4.74 Å². The number of hydrogen-bond acceptors (Lipinski definition) is 2. The second-order valence-electron chi connectivity index (χ2n) is 9.11. The van der Waals surface area contributed by atoms with Gasteiger partial charge in [-0.2, -0.15) is 0 Å². The molecule has 2 heteroatoms. The molecule has 2 aromatic carbocycles. The molecule has 176 valence electrons. The molecule has 0 fully saturated rings. The van der Waals surface area contributed by atoms with E-state index >= 15 is 0 Å². The number of unbranched alkanes of at least 4 members (excludes halogenated alkanes) is 6. The predicted octanol–water partition coefficient (Wildman–Crippen LogP) is 8.62. The van der Waals surface area contributed by atoms with Crippen LogP contribution in [-0.4, -0.2) is 11.6 Å². The van der Waals surface area contributed by atoms with Crippen LogP contribution in [-0.2, 0) is 19.3 Å². The number of ether oxygens (including phenoxy) is 1. The number of nitrogens with zero attached hydrogens (tertiary/aromatic N) is 1. The summed E-state index contributed by atoms with van der Waals surface area (Å²) < 4.78 is 5.85. The summed E-state index contributed by atoms with van der Waals surface area (Å²) in [6, 6.07) is 21.9. The van der Waals surface area contributed by atoms with Gasteiger partial charge in [0.15, 0.2) is 0 Å². The Hall–Kier alpha value is -2.61. The van der Waals surface area contributed by atoms with Gasteiger partial charge in [-0.3, -0.25) is 4.98 Å². The van der Waals surface area contributed by atoms with Crippen molar-refractivity contribution >= 4 is 0 Å². The third kappa shape index (κ3) is 9.04. The van der Waals surface area contributed by atoms with E-state index in [-0.39, 0.29) is 0 Å². The molecule has 0 amide bonds. The molecule has 0 radical (unpaired) electrons. The largest absolute Gasteiger partial charge is 0.494 e. The van der Waals surface area contributed by atoms with Crippen LogP contribution in [0, 0.1) is 0 Å². The molecule has 0 saturated heterocycles. The highest BCUT2D eigenvalue weighted by atomic mass is 16.5. The minimum Gasteiger partial charge on any atom is -0.494 e. The van der Waals surface area contributed by atoms with Gasteiger partial charge in [0.05, 0.1) is 12.3 Å². The molecule has 33 heavy (non-hydrogen) atoms. The molecule has 0 spiro atoms. The van der Waals surface area contributed by atoms with Gasteiger partial charge in [-0.15, -0.1) is 0 Å². The van der Waals surface area contributed by atoms with Crippen molar-refractivity contribution in [2.45, 2.75) is 84.5 Å². The van der Waals surface area contributed by atoms with Gasteiger partial charge in [0, 0.05) is 11.8 Å². The average molecular weight is 444 g/mol. The van der Waals surface area contributed by atoms with E-state index in [0.717, 1.165) is 42.9 Å². The summed E-state index contributed by atoms with van der Waals surface area (Å²) in [5.41, 5.74) is 6.31. The Labute approximate surface area is 201 Å². The first kappa shape index (κ1) is 25.0. The summed E-state index contributed by atoms with van der Waals surface area (Å²) in [6.07, 6.45) is 15.5. The lowest BCUT2D eigenvalue weighted by molar-refractivity contribution is 0.305. The fourth-order valence-electron chi connectivity index (χ4n) is 4.10. The molecule has 0 saturated carbocycles. The van der Waals surface area contributed by atoms with Gasteiger partial charge in [0.1, 0.15) is 5.75 Å². The molecule has 3 rings (SSSR count). The van der Waals surface area contributed by atoms with Crippen molar-refractivity contribution in [3.05, 3.63) is 83.6 Å². The number of pyridine rings is 1. The van der Waals surface area contributed by atoms with Crippen molar-refractivity contribution in [1.82, 2.24) is 4.98 Å². The molecule has 0 N–H and O–H groups in total. The van der Waals surface area contributed by atoms with E-state index in [1.807, 2.05) is 6.20 Å². The fraction of sp³-hybridized carbons (Fsp3) is 0.452. The van der Waals surface area contributed by atoms with Crippen molar-refractivity contribution in [2.75, 3.05) is 6.61 Å². The van der Waals surface area contributed by atoms with Gasteiger partial charge in [-0.05, 0) is 79.1 Å². The van der Waals surface area contributed by atoms with Gasteiger partial charge in [-0.1, -0.05) is 82.7 Å². The van der Waals surface area contributed by atoms with Crippen LogP contribution in [0.25, 0.3) is 11.3 Å². The van der Waals surface area contributed by atoms with Gasteiger partial charge in [0.25, 0.3) is 0 Å². The molecule has 3 aromatic rings. The van der Waals surface area contributed by atoms with E-state index in [0.29, 0.717) is 0 Å². The minimum absolute atomic E-state index is 0.800. The van der Waals surface area contributed by atoms with Crippen LogP contribution in [0.3, 0.4) is 0 Å². The van der Waals surface area contributed by atoms with Crippen LogP contribution in [0.5, 0.6) is 5.75 Å². The highest BCUT2D eigenvalue weighted by Gasteiger charge is 2.03. The van der Waals surface area contributed by atoms with E-state index in [9.17, 15) is 0 Å². The van der Waals surface area contributed by atoms with Crippen molar-refractivity contribution in [3.63, 3.8) is 0 Å². The Balaban J connectivity index is 1.43. The van der Waals surface area contributed by atoms with Gasteiger partial charge < -0.3 is 4.74 Å². The molecule has 1 heterocycles. The number of benzene rings is 2. The van der Waals surface area contributed by atoms with E-state index in [2.05, 4.69) is 74.5 Å². The second-order valence-corrected chi connectivity index (χ2v) is 9.11. The highest BCUT2D eigenvalue weighted by Crippen LogP contribution is 2.22. The monoisotopic (exact) mass is 443 g/mol. The third-order valence-electron chi connectivity index (χ3n) is 6.29. The van der Waals surface area contributed by atoms with Crippen LogP contribution in [0.2, 0.25) is 0 Å². The Kier molecular flexibility index (Phi) is 11.0. The lowest BCUT2D eigenvalue weighted by Crippen LogP contribution is -1.97. The lowest BCUT2D eigenvalue weighted by Gasteiger charge is -2.08. The molecule has 2 nitrogen and oxygen atoms in total. The summed E-state index contributed by atoms with van der Waals surface area (Å²) >= 11 is 0. The Morgan fingerprint density at radius 2 is 1.18 bits per heavy atom. The summed E-state index contributed by atoms with van der Waals surface area (Å²) in [7, 11) is 0. The maximum Gasteiger partial charge on any atom is 0.119 e.